The molecule has 2 aliphatic rings. The molecule has 0 spiro atoms. The maximum absolute atomic E-state index is 12.5. The highest BCUT2D eigenvalue weighted by Crippen LogP contribution is 2.27. The molecule has 0 unspecified atom stereocenters. The van der Waals surface area contributed by atoms with Gasteiger partial charge in [0.25, 0.3) is 0 Å². The van der Waals surface area contributed by atoms with E-state index in [-0.39, 0.29) is 12.0 Å². The van der Waals surface area contributed by atoms with Crippen LogP contribution in [0.3, 0.4) is 0 Å². The Hall–Kier alpha value is -1.75. The van der Waals surface area contributed by atoms with Gasteiger partial charge in [-0.1, -0.05) is 6.07 Å². The number of rotatable bonds is 3. The van der Waals surface area contributed by atoms with E-state index in [9.17, 15) is 4.79 Å². The first kappa shape index (κ1) is 15.2. The fraction of sp³-hybridized carbons (Fsp3) is 0.588. The van der Waals surface area contributed by atoms with Crippen LogP contribution in [0.1, 0.15) is 19.3 Å². The van der Waals surface area contributed by atoms with Gasteiger partial charge in [-0.3, -0.25) is 4.79 Å². The summed E-state index contributed by atoms with van der Waals surface area (Å²) < 4.78 is 5.28. The SMILES string of the molecule is COc1cccc(N2CCN(C(=O)[C@H]3CC[C@@H](N)C3)CC2)c1. The molecule has 1 aliphatic heterocycles. The predicted molar refractivity (Wildman–Crippen MR) is 87.1 cm³/mol. The van der Waals surface area contributed by atoms with Crippen LogP contribution in [0.15, 0.2) is 24.3 Å². The van der Waals surface area contributed by atoms with Crippen LogP contribution < -0.4 is 15.4 Å². The number of methoxy groups -OCH3 is 1. The molecule has 5 nitrogen and oxygen atoms in total. The van der Waals surface area contributed by atoms with Gasteiger partial charge in [-0.15, -0.1) is 0 Å². The second-order valence-electron chi connectivity index (χ2n) is 6.28. The molecule has 1 aliphatic carbocycles. The Balaban J connectivity index is 1.56. The fourth-order valence-electron chi connectivity index (χ4n) is 3.49. The number of anilines is 1. The first-order valence-electron chi connectivity index (χ1n) is 8.10. The van der Waals surface area contributed by atoms with Gasteiger partial charge < -0.3 is 20.3 Å². The fourth-order valence-corrected chi connectivity index (χ4v) is 3.49. The molecule has 5 heteroatoms. The second-order valence-corrected chi connectivity index (χ2v) is 6.28. The number of nitrogens with zero attached hydrogens (tertiary/aromatic N) is 2. The van der Waals surface area contributed by atoms with Crippen molar-refractivity contribution in [3.63, 3.8) is 0 Å². The standard InChI is InChI=1S/C17H25N3O2/c1-22-16-4-2-3-15(12-16)19-7-9-20(10-8-19)17(21)13-5-6-14(18)11-13/h2-4,12-14H,5-11,18H2,1H3/t13-,14+/m0/s1. The summed E-state index contributed by atoms with van der Waals surface area (Å²) in [7, 11) is 1.68. The lowest BCUT2D eigenvalue weighted by Gasteiger charge is -2.37. The molecule has 1 saturated carbocycles. The molecule has 1 heterocycles. The van der Waals surface area contributed by atoms with Gasteiger partial charge in [-0.05, 0) is 31.4 Å². The zero-order valence-corrected chi connectivity index (χ0v) is 13.2. The van der Waals surface area contributed by atoms with Crippen molar-refractivity contribution in [2.45, 2.75) is 25.3 Å². The molecule has 1 amide bonds. The number of carbonyl (C=O) groups is 1. The van der Waals surface area contributed by atoms with Crippen molar-refractivity contribution in [3.8, 4) is 5.75 Å². The van der Waals surface area contributed by atoms with E-state index < -0.39 is 0 Å². The third-order valence-electron chi connectivity index (χ3n) is 4.83. The number of piperazine rings is 1. The van der Waals surface area contributed by atoms with Gasteiger partial charge in [-0.25, -0.2) is 0 Å². The summed E-state index contributed by atoms with van der Waals surface area (Å²) in [5.41, 5.74) is 7.09. The highest BCUT2D eigenvalue weighted by atomic mass is 16.5. The topological polar surface area (TPSA) is 58.8 Å². The Morgan fingerprint density at radius 1 is 1.23 bits per heavy atom. The highest BCUT2D eigenvalue weighted by Gasteiger charge is 2.32. The van der Waals surface area contributed by atoms with Crippen molar-refractivity contribution in [2.75, 3.05) is 38.2 Å². The molecule has 120 valence electrons. The highest BCUT2D eigenvalue weighted by molar-refractivity contribution is 5.79. The third-order valence-corrected chi connectivity index (χ3v) is 4.83. The Kier molecular flexibility index (Phi) is 4.52. The van der Waals surface area contributed by atoms with E-state index in [0.717, 1.165) is 56.9 Å². The van der Waals surface area contributed by atoms with E-state index in [0.29, 0.717) is 5.91 Å². The smallest absolute Gasteiger partial charge is 0.225 e. The van der Waals surface area contributed by atoms with Gasteiger partial charge in [0.2, 0.25) is 5.91 Å². The lowest BCUT2D eigenvalue weighted by Crippen LogP contribution is -2.50. The lowest BCUT2D eigenvalue weighted by atomic mass is 10.1. The normalized spacial score (nSPS) is 25.4. The molecular formula is C17H25N3O2. The number of ether oxygens (including phenoxy) is 1. The number of benzene rings is 1. The quantitative estimate of drug-likeness (QED) is 0.919. The molecule has 0 radical (unpaired) electrons. The van der Waals surface area contributed by atoms with Crippen LogP contribution in [0.25, 0.3) is 0 Å². The van der Waals surface area contributed by atoms with Gasteiger partial charge in [0.05, 0.1) is 7.11 Å². The summed E-state index contributed by atoms with van der Waals surface area (Å²) in [5.74, 6) is 1.33. The number of nitrogens with two attached hydrogens (primary N) is 1. The molecule has 3 rings (SSSR count). The van der Waals surface area contributed by atoms with Crippen molar-refractivity contribution < 1.29 is 9.53 Å². The van der Waals surface area contributed by atoms with Gasteiger partial charge >= 0.3 is 0 Å². The minimum absolute atomic E-state index is 0.151. The molecule has 2 fully saturated rings. The molecule has 1 aromatic carbocycles. The molecular weight excluding hydrogens is 278 g/mol. The maximum Gasteiger partial charge on any atom is 0.225 e. The lowest BCUT2D eigenvalue weighted by molar-refractivity contribution is -0.135. The molecule has 2 atom stereocenters. The summed E-state index contributed by atoms with van der Waals surface area (Å²) in [4.78, 5) is 16.8. The minimum atomic E-state index is 0.151. The van der Waals surface area contributed by atoms with Crippen molar-refractivity contribution in [2.24, 2.45) is 11.7 Å². The van der Waals surface area contributed by atoms with E-state index in [1.54, 1.807) is 7.11 Å². The zero-order chi connectivity index (χ0) is 15.5. The number of amides is 1. The van der Waals surface area contributed by atoms with Crippen molar-refractivity contribution in [1.29, 1.82) is 0 Å². The van der Waals surface area contributed by atoms with Crippen LogP contribution in [0.4, 0.5) is 5.69 Å². The van der Waals surface area contributed by atoms with E-state index in [2.05, 4.69) is 11.0 Å². The monoisotopic (exact) mass is 303 g/mol. The third kappa shape index (κ3) is 3.19. The molecule has 22 heavy (non-hydrogen) atoms. The predicted octanol–water partition coefficient (Wildman–Crippen LogP) is 1.47. The summed E-state index contributed by atoms with van der Waals surface area (Å²) in [6, 6.07) is 8.31. The minimum Gasteiger partial charge on any atom is -0.497 e. The Labute approximate surface area is 132 Å². The van der Waals surface area contributed by atoms with Gasteiger partial charge in [0.1, 0.15) is 5.75 Å². The summed E-state index contributed by atoms with van der Waals surface area (Å²) in [6.07, 6.45) is 2.80. The van der Waals surface area contributed by atoms with Crippen molar-refractivity contribution >= 4 is 11.6 Å². The largest absolute Gasteiger partial charge is 0.497 e. The van der Waals surface area contributed by atoms with Crippen molar-refractivity contribution in [1.82, 2.24) is 4.90 Å². The van der Waals surface area contributed by atoms with E-state index in [1.165, 1.54) is 0 Å². The second kappa shape index (κ2) is 6.57. The summed E-state index contributed by atoms with van der Waals surface area (Å²) in [5, 5.41) is 0. The van der Waals surface area contributed by atoms with E-state index in [1.807, 2.05) is 23.1 Å². The average Bonchev–Trinajstić information content (AvgIpc) is 3.01. The van der Waals surface area contributed by atoms with Crippen LogP contribution in [0.2, 0.25) is 0 Å². The number of hydrogen-bond donors (Lipinski definition) is 1. The van der Waals surface area contributed by atoms with E-state index in [4.69, 9.17) is 10.5 Å². The van der Waals surface area contributed by atoms with Crippen LogP contribution >= 0.6 is 0 Å². The first-order chi connectivity index (χ1) is 10.7. The van der Waals surface area contributed by atoms with Crippen LogP contribution in [-0.4, -0.2) is 50.1 Å². The molecule has 0 aromatic heterocycles. The van der Waals surface area contributed by atoms with Crippen LogP contribution in [0.5, 0.6) is 5.75 Å². The molecule has 2 N–H and O–H groups in total. The molecule has 0 bridgehead atoms. The average molecular weight is 303 g/mol. The number of hydrogen-bond acceptors (Lipinski definition) is 4. The van der Waals surface area contributed by atoms with Crippen LogP contribution in [-0.2, 0) is 4.79 Å². The maximum atomic E-state index is 12.5. The zero-order valence-electron chi connectivity index (χ0n) is 13.2. The van der Waals surface area contributed by atoms with Gasteiger partial charge in [-0.2, -0.15) is 0 Å². The summed E-state index contributed by atoms with van der Waals surface area (Å²) in [6.45, 7) is 3.33. The summed E-state index contributed by atoms with van der Waals surface area (Å²) >= 11 is 0. The number of carbonyl (C=O) groups excluding carboxylic acids is 1. The van der Waals surface area contributed by atoms with Gasteiger partial charge in [0.15, 0.2) is 0 Å². The van der Waals surface area contributed by atoms with Crippen LogP contribution in [0, 0.1) is 5.92 Å². The molecule has 1 aromatic rings. The Morgan fingerprint density at radius 2 is 2.00 bits per heavy atom. The van der Waals surface area contributed by atoms with Gasteiger partial charge in [0, 0.05) is 49.9 Å². The Bertz CT molecular complexity index is 526. The van der Waals surface area contributed by atoms with E-state index >= 15 is 0 Å². The Morgan fingerprint density at radius 3 is 2.64 bits per heavy atom. The molecule has 1 saturated heterocycles. The first-order valence-corrected chi connectivity index (χ1v) is 8.10. The van der Waals surface area contributed by atoms with Crippen molar-refractivity contribution in [3.05, 3.63) is 24.3 Å².